The van der Waals surface area contributed by atoms with Crippen LogP contribution >= 0.6 is 0 Å². The van der Waals surface area contributed by atoms with Crippen LogP contribution in [0.4, 0.5) is 0 Å². The molecule has 0 aliphatic carbocycles. The Hall–Kier alpha value is -2.36. The average Bonchev–Trinajstić information content (AvgIpc) is 2.39. The molecular formula is C15H14N2O2. The molecule has 2 aromatic heterocycles. The summed E-state index contributed by atoms with van der Waals surface area (Å²) < 4.78 is 0. The average molecular weight is 254 g/mol. The molecule has 0 unspecified atom stereocenters. The van der Waals surface area contributed by atoms with E-state index in [0.29, 0.717) is 21.8 Å². The van der Waals surface area contributed by atoms with E-state index >= 15 is 0 Å². The molecule has 3 aromatic rings. The molecule has 0 fully saturated rings. The van der Waals surface area contributed by atoms with Gasteiger partial charge < -0.3 is 9.97 Å². The van der Waals surface area contributed by atoms with Crippen LogP contribution in [-0.4, -0.2) is 9.97 Å². The highest BCUT2D eigenvalue weighted by Gasteiger charge is 2.09. The Morgan fingerprint density at radius 3 is 2.53 bits per heavy atom. The number of pyridine rings is 2. The van der Waals surface area contributed by atoms with Gasteiger partial charge in [-0.25, -0.2) is 0 Å². The first-order chi connectivity index (χ1) is 9.20. The van der Waals surface area contributed by atoms with E-state index in [1.165, 1.54) is 0 Å². The molecule has 0 saturated heterocycles. The van der Waals surface area contributed by atoms with Crippen LogP contribution in [0.5, 0.6) is 0 Å². The molecule has 3 rings (SSSR count). The molecule has 0 aliphatic heterocycles. The smallest absolute Gasteiger partial charge is 0.257 e. The van der Waals surface area contributed by atoms with E-state index < -0.39 is 0 Å². The number of H-pyrrole nitrogens is 2. The molecule has 2 N–H and O–H groups in total. The Kier molecular flexibility index (Phi) is 2.71. The van der Waals surface area contributed by atoms with Crippen molar-refractivity contribution in [3.8, 4) is 0 Å². The van der Waals surface area contributed by atoms with Gasteiger partial charge in [0.25, 0.3) is 5.56 Å². The molecule has 0 amide bonds. The first kappa shape index (κ1) is 11.7. The van der Waals surface area contributed by atoms with Crippen LogP contribution in [0.3, 0.4) is 0 Å². The minimum absolute atomic E-state index is 0.0512. The van der Waals surface area contributed by atoms with E-state index in [0.717, 1.165) is 18.5 Å². The third-order valence-electron chi connectivity index (χ3n) is 3.29. The van der Waals surface area contributed by atoms with E-state index in [4.69, 9.17) is 0 Å². The molecule has 0 saturated carbocycles. The summed E-state index contributed by atoms with van der Waals surface area (Å²) in [6.45, 7) is 2.05. The van der Waals surface area contributed by atoms with Crippen LogP contribution in [0, 0.1) is 0 Å². The molecule has 19 heavy (non-hydrogen) atoms. The van der Waals surface area contributed by atoms with Crippen molar-refractivity contribution < 1.29 is 0 Å². The second-order valence-corrected chi connectivity index (χ2v) is 4.66. The van der Waals surface area contributed by atoms with Crippen molar-refractivity contribution >= 4 is 21.8 Å². The van der Waals surface area contributed by atoms with E-state index in [2.05, 4.69) is 9.97 Å². The van der Waals surface area contributed by atoms with Crippen molar-refractivity contribution in [3.63, 3.8) is 0 Å². The number of aromatic nitrogens is 2. The number of benzene rings is 1. The Bertz CT molecular complexity index is 875. The summed E-state index contributed by atoms with van der Waals surface area (Å²) in [5, 5.41) is 1.80. The number of nitrogens with one attached hydrogen (secondary N) is 2. The molecule has 4 heteroatoms. The highest BCUT2D eigenvalue weighted by Crippen LogP contribution is 2.16. The molecule has 2 heterocycles. The van der Waals surface area contributed by atoms with Crippen LogP contribution in [0.25, 0.3) is 21.8 Å². The summed E-state index contributed by atoms with van der Waals surface area (Å²) in [5.74, 6) is 0. The van der Waals surface area contributed by atoms with Gasteiger partial charge in [-0.05, 0) is 12.5 Å². The predicted octanol–water partition coefficient (Wildman–Crippen LogP) is 2.32. The van der Waals surface area contributed by atoms with Gasteiger partial charge in [-0.3, -0.25) is 9.59 Å². The van der Waals surface area contributed by atoms with Gasteiger partial charge in [-0.15, -0.1) is 0 Å². The number of aromatic amines is 2. The Morgan fingerprint density at radius 1 is 1.05 bits per heavy atom. The zero-order valence-electron chi connectivity index (χ0n) is 10.6. The summed E-state index contributed by atoms with van der Waals surface area (Å²) in [7, 11) is 0. The van der Waals surface area contributed by atoms with E-state index in [1.54, 1.807) is 18.2 Å². The largest absolute Gasteiger partial charge is 0.344 e. The van der Waals surface area contributed by atoms with Gasteiger partial charge in [0, 0.05) is 22.5 Å². The summed E-state index contributed by atoms with van der Waals surface area (Å²) in [5.41, 5.74) is 1.14. The van der Waals surface area contributed by atoms with E-state index in [-0.39, 0.29) is 11.0 Å². The van der Waals surface area contributed by atoms with Crippen LogP contribution in [0.2, 0.25) is 0 Å². The highest BCUT2D eigenvalue weighted by atomic mass is 16.1. The van der Waals surface area contributed by atoms with Gasteiger partial charge in [0.05, 0.1) is 5.39 Å². The molecule has 0 spiro atoms. The van der Waals surface area contributed by atoms with Gasteiger partial charge in [-0.1, -0.05) is 31.5 Å². The Labute approximate surface area is 109 Å². The Balaban J connectivity index is 2.50. The van der Waals surface area contributed by atoms with Crippen molar-refractivity contribution in [1.29, 1.82) is 0 Å². The lowest BCUT2D eigenvalue weighted by Gasteiger charge is -2.05. The molecule has 4 nitrogen and oxygen atoms in total. The zero-order valence-corrected chi connectivity index (χ0v) is 10.6. The van der Waals surface area contributed by atoms with Crippen molar-refractivity contribution in [3.05, 3.63) is 56.6 Å². The minimum atomic E-state index is -0.174. The maximum Gasteiger partial charge on any atom is 0.257 e. The third kappa shape index (κ3) is 1.85. The normalized spacial score (nSPS) is 11.2. The second kappa shape index (κ2) is 4.39. The maximum atomic E-state index is 12.3. The van der Waals surface area contributed by atoms with Crippen LogP contribution < -0.4 is 11.0 Å². The van der Waals surface area contributed by atoms with Crippen molar-refractivity contribution in [2.75, 3.05) is 0 Å². The Morgan fingerprint density at radius 2 is 1.79 bits per heavy atom. The highest BCUT2D eigenvalue weighted by molar-refractivity contribution is 6.03. The number of rotatable bonds is 2. The van der Waals surface area contributed by atoms with Crippen LogP contribution in [-0.2, 0) is 6.42 Å². The summed E-state index contributed by atoms with van der Waals surface area (Å²) >= 11 is 0. The molecule has 0 aliphatic rings. The number of hydrogen-bond acceptors (Lipinski definition) is 2. The van der Waals surface area contributed by atoms with Gasteiger partial charge >= 0.3 is 0 Å². The van der Waals surface area contributed by atoms with Gasteiger partial charge in [0.2, 0.25) is 0 Å². The molecule has 0 radical (unpaired) electrons. The topological polar surface area (TPSA) is 65.7 Å². The minimum Gasteiger partial charge on any atom is -0.344 e. The first-order valence-electron chi connectivity index (χ1n) is 6.37. The van der Waals surface area contributed by atoms with Gasteiger partial charge in [-0.2, -0.15) is 0 Å². The predicted molar refractivity (Wildman–Crippen MR) is 76.7 cm³/mol. The van der Waals surface area contributed by atoms with E-state index in [9.17, 15) is 9.59 Å². The zero-order chi connectivity index (χ0) is 13.4. The molecule has 0 atom stereocenters. The second-order valence-electron chi connectivity index (χ2n) is 4.66. The number of aryl methyl sites for hydroxylation is 1. The maximum absolute atomic E-state index is 12.3. The molecule has 0 bridgehead atoms. The fourth-order valence-electron chi connectivity index (χ4n) is 2.46. The van der Waals surface area contributed by atoms with Gasteiger partial charge in [0.15, 0.2) is 5.43 Å². The third-order valence-corrected chi connectivity index (χ3v) is 3.29. The quantitative estimate of drug-likeness (QED) is 0.689. The van der Waals surface area contributed by atoms with Crippen LogP contribution in [0.15, 0.2) is 39.9 Å². The molecular weight excluding hydrogens is 240 g/mol. The number of fused-ring (bicyclic) bond motifs is 3. The summed E-state index contributed by atoms with van der Waals surface area (Å²) in [6, 6.07) is 8.79. The van der Waals surface area contributed by atoms with Crippen LogP contribution in [0.1, 0.15) is 19.0 Å². The number of hydrogen-bond donors (Lipinski definition) is 2. The van der Waals surface area contributed by atoms with Gasteiger partial charge in [0.1, 0.15) is 5.65 Å². The standard InChI is InChI=1S/C15H14N2O2/c1-2-5-9-8-12(18)13-10-6-3-4-7-11(10)15(19)17-14(13)16-9/h3-4,6-8H,2,5H2,1H3,(H2,16,17,18,19). The summed E-state index contributed by atoms with van der Waals surface area (Å²) in [4.78, 5) is 30.2. The molecule has 1 aromatic carbocycles. The van der Waals surface area contributed by atoms with Crippen molar-refractivity contribution in [2.45, 2.75) is 19.8 Å². The van der Waals surface area contributed by atoms with Crippen molar-refractivity contribution in [1.82, 2.24) is 9.97 Å². The lowest BCUT2D eigenvalue weighted by Crippen LogP contribution is -2.13. The fraction of sp³-hybridized carbons (Fsp3) is 0.200. The monoisotopic (exact) mass is 254 g/mol. The van der Waals surface area contributed by atoms with Crippen molar-refractivity contribution in [2.24, 2.45) is 0 Å². The lowest BCUT2D eigenvalue weighted by molar-refractivity contribution is 0.885. The van der Waals surface area contributed by atoms with E-state index in [1.807, 2.05) is 19.1 Å². The first-order valence-corrected chi connectivity index (χ1v) is 6.37. The summed E-state index contributed by atoms with van der Waals surface area (Å²) in [6.07, 6.45) is 1.74. The fourth-order valence-corrected chi connectivity index (χ4v) is 2.46. The lowest BCUT2D eigenvalue weighted by atomic mass is 10.1. The SMILES string of the molecule is CCCc1cc(=O)c2c([nH]1)[nH]c(=O)c1ccccc12. The molecule has 96 valence electrons.